The van der Waals surface area contributed by atoms with Crippen molar-refractivity contribution >= 4 is 15.9 Å². The molecule has 1 aromatic carbocycles. The monoisotopic (exact) mass is 283 g/mol. The molecule has 1 aliphatic heterocycles. The Morgan fingerprint density at radius 1 is 1.50 bits per heavy atom. The molecule has 88 valence electrons. The van der Waals surface area contributed by atoms with Crippen LogP contribution in [0.15, 0.2) is 28.7 Å². The number of hydrogen-bond acceptors (Lipinski definition) is 2. The lowest BCUT2D eigenvalue weighted by atomic mass is 10.0. The number of ether oxygens (including phenoxy) is 1. The summed E-state index contributed by atoms with van der Waals surface area (Å²) in [4.78, 5) is 0. The fourth-order valence-electron chi connectivity index (χ4n) is 2.03. The van der Waals surface area contributed by atoms with Crippen LogP contribution >= 0.6 is 15.9 Å². The summed E-state index contributed by atoms with van der Waals surface area (Å²) in [6.45, 7) is 4.99. The summed E-state index contributed by atoms with van der Waals surface area (Å²) in [5, 5.41) is 3.57. The van der Waals surface area contributed by atoms with Gasteiger partial charge >= 0.3 is 0 Å². The number of hydrogen-bond donors (Lipinski definition) is 1. The predicted octanol–water partition coefficient (Wildman–Crippen LogP) is 2.96. The Labute approximate surface area is 106 Å². The van der Waals surface area contributed by atoms with Crippen LogP contribution in [0.1, 0.15) is 18.9 Å². The number of nitrogens with one attached hydrogen (secondary N) is 1. The first-order valence-electron chi connectivity index (χ1n) is 5.82. The minimum absolute atomic E-state index is 0.523. The Hall–Kier alpha value is -0.380. The topological polar surface area (TPSA) is 21.3 Å². The lowest BCUT2D eigenvalue weighted by Gasteiger charge is -2.19. The maximum absolute atomic E-state index is 5.40. The smallest absolute Gasteiger partial charge is 0.0509 e. The van der Waals surface area contributed by atoms with E-state index in [-0.39, 0.29) is 0 Å². The van der Waals surface area contributed by atoms with Crippen LogP contribution in [-0.4, -0.2) is 19.3 Å². The van der Waals surface area contributed by atoms with E-state index in [0.717, 1.165) is 19.8 Å². The third-order valence-corrected chi connectivity index (χ3v) is 4.02. The second kappa shape index (κ2) is 5.80. The van der Waals surface area contributed by atoms with Gasteiger partial charge in [0.05, 0.1) is 6.61 Å². The molecular weight excluding hydrogens is 266 g/mol. The Balaban J connectivity index is 1.84. The Bertz CT molecular complexity index is 336. The molecule has 0 radical (unpaired) electrons. The standard InChI is InChI=1S/C13H18BrNO/c1-10(12-6-7-16-9-12)15-8-11-4-2-3-5-13(11)14/h2-5,10,12,15H,6-9H2,1H3. The number of halogens is 1. The Morgan fingerprint density at radius 2 is 2.31 bits per heavy atom. The van der Waals surface area contributed by atoms with Gasteiger partial charge in [-0.2, -0.15) is 0 Å². The fraction of sp³-hybridized carbons (Fsp3) is 0.538. The van der Waals surface area contributed by atoms with Crippen LogP contribution in [0, 0.1) is 5.92 Å². The lowest BCUT2D eigenvalue weighted by molar-refractivity contribution is 0.178. The number of rotatable bonds is 4. The largest absolute Gasteiger partial charge is 0.381 e. The van der Waals surface area contributed by atoms with Gasteiger partial charge in [-0.15, -0.1) is 0 Å². The molecule has 1 fully saturated rings. The van der Waals surface area contributed by atoms with E-state index in [4.69, 9.17) is 4.74 Å². The third-order valence-electron chi connectivity index (χ3n) is 3.24. The molecule has 1 aromatic rings. The third kappa shape index (κ3) is 3.06. The summed E-state index contributed by atoms with van der Waals surface area (Å²) in [6.07, 6.45) is 1.18. The highest BCUT2D eigenvalue weighted by molar-refractivity contribution is 9.10. The lowest BCUT2D eigenvalue weighted by Crippen LogP contribution is -2.33. The molecule has 0 bridgehead atoms. The highest BCUT2D eigenvalue weighted by Gasteiger charge is 2.21. The van der Waals surface area contributed by atoms with Gasteiger partial charge in [-0.3, -0.25) is 0 Å². The molecule has 0 amide bonds. The Morgan fingerprint density at radius 3 is 3.00 bits per heavy atom. The van der Waals surface area contributed by atoms with Crippen molar-refractivity contribution in [3.63, 3.8) is 0 Å². The van der Waals surface area contributed by atoms with Crippen molar-refractivity contribution < 1.29 is 4.74 Å². The summed E-state index contributed by atoms with van der Waals surface area (Å²) in [6, 6.07) is 8.87. The summed E-state index contributed by atoms with van der Waals surface area (Å²) in [7, 11) is 0. The van der Waals surface area contributed by atoms with Crippen molar-refractivity contribution in [2.45, 2.75) is 25.9 Å². The molecule has 2 atom stereocenters. The van der Waals surface area contributed by atoms with Crippen LogP contribution < -0.4 is 5.32 Å². The van der Waals surface area contributed by atoms with Crippen LogP contribution in [0.5, 0.6) is 0 Å². The van der Waals surface area contributed by atoms with Crippen LogP contribution in [0.2, 0.25) is 0 Å². The van der Waals surface area contributed by atoms with Gasteiger partial charge < -0.3 is 10.1 Å². The molecule has 0 spiro atoms. The van der Waals surface area contributed by atoms with Crippen LogP contribution in [0.25, 0.3) is 0 Å². The number of benzene rings is 1. The summed E-state index contributed by atoms with van der Waals surface area (Å²) in [5.74, 6) is 0.669. The maximum Gasteiger partial charge on any atom is 0.0509 e. The normalized spacial score (nSPS) is 22.2. The average molecular weight is 284 g/mol. The van der Waals surface area contributed by atoms with Crippen molar-refractivity contribution in [2.24, 2.45) is 5.92 Å². The minimum atomic E-state index is 0.523. The van der Waals surface area contributed by atoms with Crippen molar-refractivity contribution in [3.05, 3.63) is 34.3 Å². The van der Waals surface area contributed by atoms with E-state index in [1.165, 1.54) is 16.5 Å². The van der Waals surface area contributed by atoms with E-state index in [0.29, 0.717) is 12.0 Å². The van der Waals surface area contributed by atoms with Crippen LogP contribution in [-0.2, 0) is 11.3 Å². The van der Waals surface area contributed by atoms with Gasteiger partial charge in [0.25, 0.3) is 0 Å². The van der Waals surface area contributed by atoms with Gasteiger partial charge in [0.1, 0.15) is 0 Å². The second-order valence-corrected chi connectivity index (χ2v) is 5.24. The molecule has 1 N–H and O–H groups in total. The van der Waals surface area contributed by atoms with Gasteiger partial charge in [0.2, 0.25) is 0 Å². The SMILES string of the molecule is CC(NCc1ccccc1Br)C1CCOC1. The van der Waals surface area contributed by atoms with E-state index in [2.05, 4.69) is 46.4 Å². The first-order chi connectivity index (χ1) is 7.77. The summed E-state index contributed by atoms with van der Waals surface area (Å²) >= 11 is 3.57. The molecule has 2 unspecified atom stereocenters. The van der Waals surface area contributed by atoms with Crippen molar-refractivity contribution in [1.29, 1.82) is 0 Å². The van der Waals surface area contributed by atoms with Gasteiger partial charge in [-0.1, -0.05) is 34.1 Å². The quantitative estimate of drug-likeness (QED) is 0.917. The van der Waals surface area contributed by atoms with E-state index in [9.17, 15) is 0 Å². The molecule has 1 heterocycles. The minimum Gasteiger partial charge on any atom is -0.381 e. The summed E-state index contributed by atoms with van der Waals surface area (Å²) < 4.78 is 6.58. The van der Waals surface area contributed by atoms with Crippen molar-refractivity contribution in [3.8, 4) is 0 Å². The Kier molecular flexibility index (Phi) is 4.38. The molecule has 1 aliphatic rings. The highest BCUT2D eigenvalue weighted by Crippen LogP contribution is 2.19. The molecule has 0 aliphatic carbocycles. The molecule has 0 saturated carbocycles. The molecular formula is C13H18BrNO. The first-order valence-corrected chi connectivity index (χ1v) is 6.61. The fourth-order valence-corrected chi connectivity index (χ4v) is 2.45. The zero-order valence-electron chi connectivity index (χ0n) is 9.58. The average Bonchev–Trinajstić information content (AvgIpc) is 2.81. The zero-order chi connectivity index (χ0) is 11.4. The van der Waals surface area contributed by atoms with Crippen LogP contribution in [0.3, 0.4) is 0 Å². The van der Waals surface area contributed by atoms with Crippen molar-refractivity contribution in [1.82, 2.24) is 5.32 Å². The van der Waals surface area contributed by atoms with E-state index >= 15 is 0 Å². The maximum atomic E-state index is 5.40. The molecule has 0 aromatic heterocycles. The van der Waals surface area contributed by atoms with Crippen molar-refractivity contribution in [2.75, 3.05) is 13.2 Å². The first kappa shape index (κ1) is 12.1. The van der Waals surface area contributed by atoms with Gasteiger partial charge in [-0.05, 0) is 30.9 Å². The van der Waals surface area contributed by atoms with E-state index in [1.54, 1.807) is 0 Å². The predicted molar refractivity (Wildman–Crippen MR) is 69.4 cm³/mol. The summed E-state index contributed by atoms with van der Waals surface area (Å²) in [5.41, 5.74) is 1.31. The second-order valence-electron chi connectivity index (χ2n) is 4.38. The van der Waals surface area contributed by atoms with E-state index < -0.39 is 0 Å². The molecule has 1 saturated heterocycles. The van der Waals surface area contributed by atoms with Crippen LogP contribution in [0.4, 0.5) is 0 Å². The van der Waals surface area contributed by atoms with E-state index in [1.807, 2.05) is 6.07 Å². The highest BCUT2D eigenvalue weighted by atomic mass is 79.9. The van der Waals surface area contributed by atoms with Gasteiger partial charge in [0, 0.05) is 23.7 Å². The molecule has 2 nitrogen and oxygen atoms in total. The van der Waals surface area contributed by atoms with Gasteiger partial charge in [0.15, 0.2) is 0 Å². The molecule has 3 heteroatoms. The zero-order valence-corrected chi connectivity index (χ0v) is 11.2. The van der Waals surface area contributed by atoms with Gasteiger partial charge in [-0.25, -0.2) is 0 Å². The molecule has 2 rings (SSSR count). The molecule has 16 heavy (non-hydrogen) atoms.